The minimum absolute atomic E-state index is 0.00719. The molecule has 9 nitrogen and oxygen atoms in total. The average Bonchev–Trinajstić information content (AvgIpc) is 3.41. The van der Waals surface area contributed by atoms with E-state index in [4.69, 9.17) is 21.5 Å². The third kappa shape index (κ3) is 3.97. The molecule has 2 aliphatic rings. The number of hydrogen-bond acceptors (Lipinski definition) is 6. The number of nitrogen functional groups attached to an aromatic ring is 1. The quantitative estimate of drug-likeness (QED) is 0.464. The van der Waals surface area contributed by atoms with Crippen molar-refractivity contribution in [3.05, 3.63) is 38.8 Å². The van der Waals surface area contributed by atoms with Crippen LogP contribution in [0.25, 0.3) is 10.9 Å². The van der Waals surface area contributed by atoms with Crippen molar-refractivity contribution >= 4 is 22.6 Å². The minimum atomic E-state index is -5.08. The normalized spacial score (nSPS) is 19.0. The van der Waals surface area contributed by atoms with Gasteiger partial charge in [0.1, 0.15) is 0 Å². The molecule has 1 atom stereocenters. The highest BCUT2D eigenvalue weighted by molar-refractivity contribution is 5.83. The van der Waals surface area contributed by atoms with Crippen LogP contribution in [0.1, 0.15) is 25.3 Å². The topological polar surface area (TPSA) is 137 Å². The molecule has 1 aliphatic heterocycles. The summed E-state index contributed by atoms with van der Waals surface area (Å²) in [4.78, 5) is 35.3. The molecule has 0 amide bonds. The van der Waals surface area contributed by atoms with E-state index in [1.807, 2.05) is 4.90 Å². The lowest BCUT2D eigenvalue weighted by Gasteiger charge is -2.21. The van der Waals surface area contributed by atoms with Gasteiger partial charge in [0.15, 0.2) is 5.82 Å². The number of halogens is 4. The molecule has 1 saturated carbocycles. The lowest BCUT2D eigenvalue weighted by molar-refractivity contribution is -0.192. The Balaban J connectivity index is 0.000000318. The highest BCUT2D eigenvalue weighted by Gasteiger charge is 2.38. The van der Waals surface area contributed by atoms with Gasteiger partial charge in [0, 0.05) is 25.2 Å². The van der Waals surface area contributed by atoms with Gasteiger partial charge < -0.3 is 21.6 Å². The van der Waals surface area contributed by atoms with Crippen LogP contribution < -0.4 is 27.7 Å². The van der Waals surface area contributed by atoms with Gasteiger partial charge in [-0.25, -0.2) is 14.0 Å². The van der Waals surface area contributed by atoms with Crippen molar-refractivity contribution in [3.63, 3.8) is 0 Å². The molecule has 2 fully saturated rings. The van der Waals surface area contributed by atoms with E-state index in [-0.39, 0.29) is 23.0 Å². The van der Waals surface area contributed by atoms with Gasteiger partial charge in [0.25, 0.3) is 5.56 Å². The van der Waals surface area contributed by atoms with Gasteiger partial charge in [0.05, 0.1) is 16.6 Å². The fourth-order valence-corrected chi connectivity index (χ4v) is 3.31. The fraction of sp³-hybridized carbons (Fsp3) is 0.471. The summed E-state index contributed by atoms with van der Waals surface area (Å²) in [7, 11) is 0. The predicted molar refractivity (Wildman–Crippen MR) is 99.3 cm³/mol. The maximum absolute atomic E-state index is 15.2. The Bertz CT molecular complexity index is 1110. The first-order valence-electron chi connectivity index (χ1n) is 8.99. The zero-order valence-corrected chi connectivity index (χ0v) is 15.5. The summed E-state index contributed by atoms with van der Waals surface area (Å²) in [6.07, 6.45) is -2.73. The van der Waals surface area contributed by atoms with E-state index in [0.717, 1.165) is 19.3 Å². The summed E-state index contributed by atoms with van der Waals surface area (Å²) in [6, 6.07) is 3.03. The van der Waals surface area contributed by atoms with Gasteiger partial charge in [0.2, 0.25) is 0 Å². The van der Waals surface area contributed by atoms with E-state index in [2.05, 4.69) is 0 Å². The van der Waals surface area contributed by atoms with Gasteiger partial charge in [-0.3, -0.25) is 9.36 Å². The number of aliphatic carboxylic acids is 1. The van der Waals surface area contributed by atoms with Crippen molar-refractivity contribution in [2.24, 2.45) is 5.73 Å². The summed E-state index contributed by atoms with van der Waals surface area (Å²) in [5, 5.41) is 7.25. The van der Waals surface area contributed by atoms with Crippen molar-refractivity contribution < 1.29 is 27.5 Å². The number of carboxylic acids is 1. The molecule has 0 spiro atoms. The lowest BCUT2D eigenvalue weighted by atomic mass is 10.2. The third-order valence-corrected chi connectivity index (χ3v) is 4.92. The van der Waals surface area contributed by atoms with E-state index in [1.165, 1.54) is 4.57 Å². The Kier molecular flexibility index (Phi) is 5.50. The Morgan fingerprint density at radius 3 is 2.23 bits per heavy atom. The number of hydrogen-bond donors (Lipinski definition) is 3. The second-order valence-electron chi connectivity index (χ2n) is 7.15. The Hall–Kier alpha value is -3.09. The Labute approximate surface area is 166 Å². The molecule has 1 aliphatic carbocycles. The first kappa shape index (κ1) is 21.6. The first-order chi connectivity index (χ1) is 13.9. The SMILES string of the molecule is NC1CCN(c2ccc3c(=O)n(N)c(=O)n(C4CC4)c3c2F)C1.O=C(O)C(F)(F)F. The molecule has 2 heterocycles. The van der Waals surface area contributed by atoms with Gasteiger partial charge in [-0.15, -0.1) is 0 Å². The molecule has 1 unspecified atom stereocenters. The summed E-state index contributed by atoms with van der Waals surface area (Å²) in [6.45, 7) is 1.22. The van der Waals surface area contributed by atoms with Crippen molar-refractivity contribution in [2.45, 2.75) is 37.5 Å². The number of nitrogens with two attached hydrogens (primary N) is 2. The molecule has 5 N–H and O–H groups in total. The lowest BCUT2D eigenvalue weighted by Crippen LogP contribution is -2.44. The standard InChI is InChI=1S/C15H18FN5O2.C2HF3O2/c16-12-11(19-6-5-8(17)7-19)4-3-10-13(12)20(9-1-2-9)15(23)21(18)14(10)22;3-2(4,5)1(6)7/h3-4,8-9H,1-2,5-7,17-18H2;(H,6,7). The van der Waals surface area contributed by atoms with E-state index in [0.29, 0.717) is 23.5 Å². The molecule has 4 rings (SSSR count). The first-order valence-corrected chi connectivity index (χ1v) is 8.99. The number of rotatable bonds is 2. The van der Waals surface area contributed by atoms with Gasteiger partial charge in [-0.2, -0.15) is 17.8 Å². The molecular formula is C17H19F4N5O4. The summed E-state index contributed by atoms with van der Waals surface area (Å²) >= 11 is 0. The molecule has 0 bridgehead atoms. The summed E-state index contributed by atoms with van der Waals surface area (Å²) in [5.41, 5.74) is 4.99. The van der Waals surface area contributed by atoms with Crippen LogP contribution in [-0.4, -0.2) is 45.6 Å². The largest absolute Gasteiger partial charge is 0.490 e. The number of anilines is 1. The van der Waals surface area contributed by atoms with Crippen LogP contribution in [0.15, 0.2) is 21.7 Å². The van der Waals surface area contributed by atoms with Crippen molar-refractivity contribution in [1.29, 1.82) is 0 Å². The van der Waals surface area contributed by atoms with Gasteiger partial charge in [-0.05, 0) is 31.4 Å². The van der Waals surface area contributed by atoms with E-state index in [9.17, 15) is 22.8 Å². The molecular weight excluding hydrogens is 414 g/mol. The second-order valence-corrected chi connectivity index (χ2v) is 7.15. The van der Waals surface area contributed by atoms with Crippen LogP contribution >= 0.6 is 0 Å². The number of nitrogens with zero attached hydrogens (tertiary/aromatic N) is 3. The highest BCUT2D eigenvalue weighted by Crippen LogP contribution is 2.37. The monoisotopic (exact) mass is 433 g/mol. The molecule has 2 aromatic rings. The predicted octanol–water partition coefficient (Wildman–Crippen LogP) is 0.522. The smallest absolute Gasteiger partial charge is 0.475 e. The Morgan fingerprint density at radius 1 is 1.17 bits per heavy atom. The van der Waals surface area contributed by atoms with Crippen molar-refractivity contribution in [1.82, 2.24) is 9.24 Å². The van der Waals surface area contributed by atoms with Crippen LogP contribution in [0, 0.1) is 5.82 Å². The molecule has 1 saturated heterocycles. The number of aromatic nitrogens is 2. The van der Waals surface area contributed by atoms with Crippen molar-refractivity contribution in [2.75, 3.05) is 23.8 Å². The zero-order chi connectivity index (χ0) is 22.4. The zero-order valence-electron chi connectivity index (χ0n) is 15.5. The summed E-state index contributed by atoms with van der Waals surface area (Å²) < 4.78 is 48.8. The van der Waals surface area contributed by atoms with Crippen LogP contribution in [0.3, 0.4) is 0 Å². The highest BCUT2D eigenvalue weighted by atomic mass is 19.4. The molecule has 30 heavy (non-hydrogen) atoms. The molecule has 13 heteroatoms. The molecule has 1 aromatic carbocycles. The number of fused-ring (bicyclic) bond motifs is 1. The molecule has 0 radical (unpaired) electrons. The minimum Gasteiger partial charge on any atom is -0.475 e. The van der Waals surface area contributed by atoms with Crippen molar-refractivity contribution in [3.8, 4) is 0 Å². The van der Waals surface area contributed by atoms with Gasteiger partial charge in [-0.1, -0.05) is 0 Å². The van der Waals surface area contributed by atoms with Crippen LogP contribution in [-0.2, 0) is 4.79 Å². The number of benzene rings is 1. The van der Waals surface area contributed by atoms with Crippen LogP contribution in [0.5, 0.6) is 0 Å². The second kappa shape index (κ2) is 7.63. The van der Waals surface area contributed by atoms with Crippen LogP contribution in [0.4, 0.5) is 23.2 Å². The van der Waals surface area contributed by atoms with E-state index < -0.39 is 29.2 Å². The number of carbonyl (C=O) groups is 1. The third-order valence-electron chi connectivity index (χ3n) is 4.92. The molecule has 1 aromatic heterocycles. The maximum Gasteiger partial charge on any atom is 0.490 e. The average molecular weight is 433 g/mol. The van der Waals surface area contributed by atoms with Gasteiger partial charge >= 0.3 is 17.8 Å². The molecule has 164 valence electrons. The maximum atomic E-state index is 15.2. The Morgan fingerprint density at radius 2 is 1.77 bits per heavy atom. The van der Waals surface area contributed by atoms with E-state index in [1.54, 1.807) is 12.1 Å². The van der Waals surface area contributed by atoms with E-state index >= 15 is 4.39 Å². The number of alkyl halides is 3. The fourth-order valence-electron chi connectivity index (χ4n) is 3.31. The number of carboxylic acid groups (broad SMARTS) is 1. The van der Waals surface area contributed by atoms with Crippen LogP contribution in [0.2, 0.25) is 0 Å². The summed E-state index contributed by atoms with van der Waals surface area (Å²) in [5.74, 6) is 2.26.